The van der Waals surface area contributed by atoms with Gasteiger partial charge in [0.2, 0.25) is 5.91 Å². The first-order valence-corrected chi connectivity index (χ1v) is 9.40. The average Bonchev–Trinajstić information content (AvgIpc) is 3.07. The predicted octanol–water partition coefficient (Wildman–Crippen LogP) is 3.08. The topological polar surface area (TPSA) is 87.8 Å². The number of hydrogen-bond acceptors (Lipinski definition) is 6. The Balaban J connectivity index is 1.80. The number of nitrogens with zero attached hydrogens (tertiary/aromatic N) is 3. The fourth-order valence-corrected chi connectivity index (χ4v) is 3.94. The molecule has 0 saturated carbocycles. The van der Waals surface area contributed by atoms with Crippen LogP contribution in [0.15, 0.2) is 45.7 Å². The molecule has 0 spiro atoms. The van der Waals surface area contributed by atoms with Crippen molar-refractivity contribution in [1.82, 2.24) is 9.55 Å². The summed E-state index contributed by atoms with van der Waals surface area (Å²) in [5.74, 6) is -0.137. The largest absolute Gasteiger partial charge is 0.316 e. The molecule has 6 nitrogen and oxygen atoms in total. The van der Waals surface area contributed by atoms with E-state index in [1.165, 1.54) is 23.1 Å². The summed E-state index contributed by atoms with van der Waals surface area (Å²) in [4.78, 5) is 29.2. The number of amides is 1. The zero-order valence-electron chi connectivity index (χ0n) is 13.4. The van der Waals surface area contributed by atoms with Crippen LogP contribution in [0, 0.1) is 11.3 Å². The number of thioether (sulfide) groups is 1. The first-order valence-electron chi connectivity index (χ1n) is 7.54. The SMILES string of the molecule is CCn1c(SCC(=O)Nc2sccc2C#N)nc2ccccc2c1=O. The van der Waals surface area contributed by atoms with Crippen molar-refractivity contribution in [3.63, 3.8) is 0 Å². The molecule has 1 amide bonds. The van der Waals surface area contributed by atoms with E-state index in [1.54, 1.807) is 34.2 Å². The lowest BCUT2D eigenvalue weighted by molar-refractivity contribution is -0.113. The Kier molecular flexibility index (Phi) is 5.16. The van der Waals surface area contributed by atoms with Gasteiger partial charge in [0.05, 0.1) is 22.2 Å². The average molecular weight is 370 g/mol. The Morgan fingerprint density at radius 1 is 1.40 bits per heavy atom. The molecule has 0 fully saturated rings. The van der Waals surface area contributed by atoms with Gasteiger partial charge in [-0.15, -0.1) is 11.3 Å². The molecule has 3 rings (SSSR count). The minimum Gasteiger partial charge on any atom is -0.316 e. The van der Waals surface area contributed by atoms with Crippen LogP contribution in [0.4, 0.5) is 5.00 Å². The predicted molar refractivity (Wildman–Crippen MR) is 100 cm³/mol. The van der Waals surface area contributed by atoms with Crippen LogP contribution in [-0.2, 0) is 11.3 Å². The van der Waals surface area contributed by atoms with Gasteiger partial charge in [-0.05, 0) is 30.5 Å². The first-order chi connectivity index (χ1) is 12.1. The van der Waals surface area contributed by atoms with Crippen LogP contribution in [0.2, 0.25) is 0 Å². The van der Waals surface area contributed by atoms with Crippen LogP contribution >= 0.6 is 23.1 Å². The van der Waals surface area contributed by atoms with Crippen LogP contribution in [-0.4, -0.2) is 21.2 Å². The second kappa shape index (κ2) is 7.51. The summed E-state index contributed by atoms with van der Waals surface area (Å²) in [6.07, 6.45) is 0. The van der Waals surface area contributed by atoms with Gasteiger partial charge in [0.25, 0.3) is 5.56 Å². The van der Waals surface area contributed by atoms with E-state index in [4.69, 9.17) is 5.26 Å². The fraction of sp³-hybridized carbons (Fsp3) is 0.176. The molecule has 0 aliphatic carbocycles. The molecule has 0 aliphatic heterocycles. The third kappa shape index (κ3) is 3.57. The van der Waals surface area contributed by atoms with Gasteiger partial charge in [-0.1, -0.05) is 23.9 Å². The first kappa shape index (κ1) is 17.2. The van der Waals surface area contributed by atoms with Crippen LogP contribution in [0.3, 0.4) is 0 Å². The van der Waals surface area contributed by atoms with Gasteiger partial charge < -0.3 is 5.32 Å². The maximum atomic E-state index is 12.5. The highest BCUT2D eigenvalue weighted by molar-refractivity contribution is 7.99. The summed E-state index contributed by atoms with van der Waals surface area (Å²) in [7, 11) is 0. The number of anilines is 1. The molecule has 0 radical (unpaired) electrons. The molecule has 1 aromatic carbocycles. The van der Waals surface area contributed by atoms with Gasteiger partial charge in [-0.3, -0.25) is 14.2 Å². The molecule has 0 aliphatic rings. The number of rotatable bonds is 5. The normalized spacial score (nSPS) is 10.6. The van der Waals surface area contributed by atoms with Crippen molar-refractivity contribution in [2.45, 2.75) is 18.6 Å². The molecule has 25 heavy (non-hydrogen) atoms. The Labute approximate surface area is 152 Å². The van der Waals surface area contributed by atoms with Crippen molar-refractivity contribution in [2.24, 2.45) is 0 Å². The summed E-state index contributed by atoms with van der Waals surface area (Å²) in [5, 5.41) is 15.1. The molecule has 0 bridgehead atoms. The minimum absolute atomic E-state index is 0.105. The second-order valence-electron chi connectivity index (χ2n) is 5.07. The van der Waals surface area contributed by atoms with Gasteiger partial charge in [-0.25, -0.2) is 4.98 Å². The fourth-order valence-electron chi connectivity index (χ4n) is 2.32. The van der Waals surface area contributed by atoms with Crippen LogP contribution in [0.1, 0.15) is 12.5 Å². The number of carbonyl (C=O) groups is 1. The Morgan fingerprint density at radius 2 is 2.20 bits per heavy atom. The van der Waals surface area contributed by atoms with Crippen LogP contribution in [0.5, 0.6) is 0 Å². The molecule has 8 heteroatoms. The summed E-state index contributed by atoms with van der Waals surface area (Å²) >= 11 is 2.51. The minimum atomic E-state index is -0.242. The number of para-hydroxylation sites is 1. The lowest BCUT2D eigenvalue weighted by atomic mass is 10.2. The van der Waals surface area contributed by atoms with Gasteiger partial charge in [0, 0.05) is 6.54 Å². The van der Waals surface area contributed by atoms with E-state index in [-0.39, 0.29) is 17.2 Å². The Hall–Kier alpha value is -2.63. The number of thiophene rings is 1. The number of hydrogen-bond donors (Lipinski definition) is 1. The zero-order valence-corrected chi connectivity index (χ0v) is 15.0. The van der Waals surface area contributed by atoms with E-state index in [9.17, 15) is 9.59 Å². The third-order valence-corrected chi connectivity index (χ3v) is 5.32. The number of nitrogens with one attached hydrogen (secondary N) is 1. The van der Waals surface area contributed by atoms with Crippen molar-refractivity contribution in [3.05, 3.63) is 51.6 Å². The van der Waals surface area contributed by atoms with Crippen LogP contribution in [0.25, 0.3) is 10.9 Å². The lowest BCUT2D eigenvalue weighted by Gasteiger charge is -2.11. The summed E-state index contributed by atoms with van der Waals surface area (Å²) in [5.41, 5.74) is 0.948. The third-order valence-electron chi connectivity index (χ3n) is 3.51. The van der Waals surface area contributed by atoms with E-state index < -0.39 is 0 Å². The molecule has 126 valence electrons. The van der Waals surface area contributed by atoms with Gasteiger partial charge in [-0.2, -0.15) is 5.26 Å². The highest BCUT2D eigenvalue weighted by atomic mass is 32.2. The van der Waals surface area contributed by atoms with Gasteiger partial charge in [0.15, 0.2) is 5.16 Å². The molecule has 3 aromatic rings. The van der Waals surface area contributed by atoms with Gasteiger partial charge >= 0.3 is 0 Å². The number of fused-ring (bicyclic) bond motifs is 1. The molecule has 2 heterocycles. The van der Waals surface area contributed by atoms with E-state index in [1.807, 2.05) is 19.1 Å². The number of carbonyl (C=O) groups excluding carboxylic acids is 1. The maximum Gasteiger partial charge on any atom is 0.262 e. The van der Waals surface area contributed by atoms with E-state index in [0.717, 1.165) is 0 Å². The molecule has 0 atom stereocenters. The quantitative estimate of drug-likeness (QED) is 0.551. The molecule has 2 aromatic heterocycles. The van der Waals surface area contributed by atoms with Crippen LogP contribution < -0.4 is 10.9 Å². The van der Waals surface area contributed by atoms with Crippen molar-refractivity contribution in [2.75, 3.05) is 11.1 Å². The molecule has 0 unspecified atom stereocenters. The standard InChI is InChI=1S/C17H14N4O2S2/c1-2-21-16(23)12-5-3-4-6-13(12)19-17(21)25-10-14(22)20-15-11(9-18)7-8-24-15/h3-8H,2,10H2,1H3,(H,20,22). The monoisotopic (exact) mass is 370 g/mol. The van der Waals surface area contributed by atoms with E-state index in [2.05, 4.69) is 10.3 Å². The molecular weight excluding hydrogens is 356 g/mol. The number of benzene rings is 1. The maximum absolute atomic E-state index is 12.5. The molecule has 0 saturated heterocycles. The van der Waals surface area contributed by atoms with E-state index >= 15 is 0 Å². The van der Waals surface area contributed by atoms with E-state index in [0.29, 0.717) is 33.2 Å². The van der Waals surface area contributed by atoms with Crippen molar-refractivity contribution >= 4 is 44.9 Å². The molecular formula is C17H14N4O2S2. The summed E-state index contributed by atoms with van der Waals surface area (Å²) in [6.45, 7) is 2.34. The van der Waals surface area contributed by atoms with Crippen molar-refractivity contribution in [1.29, 1.82) is 5.26 Å². The van der Waals surface area contributed by atoms with Crippen molar-refractivity contribution in [3.8, 4) is 6.07 Å². The number of nitriles is 1. The highest BCUT2D eigenvalue weighted by Crippen LogP contribution is 2.23. The highest BCUT2D eigenvalue weighted by Gasteiger charge is 2.13. The summed E-state index contributed by atoms with van der Waals surface area (Å²) < 4.78 is 1.56. The Morgan fingerprint density at radius 3 is 2.96 bits per heavy atom. The number of aromatic nitrogens is 2. The second-order valence-corrected chi connectivity index (χ2v) is 6.93. The smallest absolute Gasteiger partial charge is 0.262 e. The Bertz CT molecular complexity index is 1030. The zero-order chi connectivity index (χ0) is 17.8. The summed E-state index contributed by atoms with van der Waals surface area (Å²) in [6, 6.07) is 10.9. The van der Waals surface area contributed by atoms with Gasteiger partial charge in [0.1, 0.15) is 11.1 Å². The molecule has 1 N–H and O–H groups in total. The van der Waals surface area contributed by atoms with Crippen molar-refractivity contribution < 1.29 is 4.79 Å². The lowest BCUT2D eigenvalue weighted by Crippen LogP contribution is -2.23.